The van der Waals surface area contributed by atoms with Gasteiger partial charge in [-0.1, -0.05) is 36.0 Å². The fraction of sp³-hybridized carbons (Fsp3) is 0.188. The zero-order chi connectivity index (χ0) is 14.7. The van der Waals surface area contributed by atoms with Gasteiger partial charge in [0, 0.05) is 29.9 Å². The van der Waals surface area contributed by atoms with Crippen LogP contribution in [-0.4, -0.2) is 12.0 Å². The largest absolute Gasteiger partial charge is 0.389 e. The topological polar surface area (TPSA) is 29.3 Å². The molecule has 0 radical (unpaired) electrons. The van der Waals surface area contributed by atoms with Crippen molar-refractivity contribution in [1.82, 2.24) is 0 Å². The number of anilines is 1. The zero-order valence-electron chi connectivity index (χ0n) is 11.6. The molecule has 0 atom stereocenters. The van der Waals surface area contributed by atoms with E-state index in [0.29, 0.717) is 4.99 Å². The van der Waals surface area contributed by atoms with Crippen LogP contribution in [-0.2, 0) is 6.54 Å². The Bertz CT molecular complexity index is 640. The molecule has 2 rings (SSSR count). The van der Waals surface area contributed by atoms with Crippen molar-refractivity contribution in [2.45, 2.75) is 13.5 Å². The van der Waals surface area contributed by atoms with Crippen LogP contribution in [0.5, 0.6) is 0 Å². The molecule has 0 aliphatic carbocycles. The molecule has 0 unspecified atom stereocenters. The van der Waals surface area contributed by atoms with E-state index >= 15 is 0 Å². The molecule has 2 nitrogen and oxygen atoms in total. The van der Waals surface area contributed by atoms with Crippen LogP contribution in [0.25, 0.3) is 0 Å². The first-order valence-corrected chi connectivity index (χ1v) is 7.12. The molecule has 20 heavy (non-hydrogen) atoms. The highest BCUT2D eigenvalue weighted by molar-refractivity contribution is 7.80. The van der Waals surface area contributed by atoms with E-state index in [1.807, 2.05) is 37.3 Å². The molecule has 0 bridgehead atoms. The summed E-state index contributed by atoms with van der Waals surface area (Å²) in [4.78, 5) is 2.61. The van der Waals surface area contributed by atoms with E-state index < -0.39 is 0 Å². The lowest BCUT2D eigenvalue weighted by Gasteiger charge is -2.21. The van der Waals surface area contributed by atoms with Gasteiger partial charge in [-0.3, -0.25) is 0 Å². The average Bonchev–Trinajstić information content (AvgIpc) is 2.38. The Morgan fingerprint density at radius 3 is 2.60 bits per heavy atom. The molecule has 0 aromatic heterocycles. The smallest absolute Gasteiger partial charge is 0.104 e. The Hall–Kier alpha value is -1.58. The van der Waals surface area contributed by atoms with Crippen molar-refractivity contribution in [3.8, 4) is 0 Å². The molecule has 104 valence electrons. The van der Waals surface area contributed by atoms with Crippen molar-refractivity contribution >= 4 is 34.5 Å². The lowest BCUT2D eigenvalue weighted by molar-refractivity contribution is 0.922. The van der Waals surface area contributed by atoms with Gasteiger partial charge in [0.2, 0.25) is 0 Å². The molecular formula is C16H17ClN2S. The standard InChI is InChI=1S/C16H17ClN2S/c1-11-8-14(6-7-15(11)16(18)20)19(2)10-12-4-3-5-13(17)9-12/h3-9H,10H2,1-2H3,(H2,18,20). The van der Waals surface area contributed by atoms with Crippen LogP contribution in [0, 0.1) is 6.92 Å². The SMILES string of the molecule is Cc1cc(N(C)Cc2cccc(Cl)c2)ccc1C(N)=S. The van der Waals surface area contributed by atoms with Crippen LogP contribution in [0.15, 0.2) is 42.5 Å². The van der Waals surface area contributed by atoms with Gasteiger partial charge >= 0.3 is 0 Å². The first-order chi connectivity index (χ1) is 9.47. The van der Waals surface area contributed by atoms with Crippen molar-refractivity contribution < 1.29 is 0 Å². The number of halogens is 1. The summed E-state index contributed by atoms with van der Waals surface area (Å²) in [5.74, 6) is 0. The third kappa shape index (κ3) is 3.50. The van der Waals surface area contributed by atoms with Gasteiger partial charge in [-0.05, 0) is 48.4 Å². The number of hydrogen-bond donors (Lipinski definition) is 1. The van der Waals surface area contributed by atoms with Crippen molar-refractivity contribution in [2.24, 2.45) is 5.73 Å². The number of hydrogen-bond acceptors (Lipinski definition) is 2. The number of rotatable bonds is 4. The molecule has 0 fully saturated rings. The van der Waals surface area contributed by atoms with E-state index in [1.54, 1.807) is 0 Å². The van der Waals surface area contributed by atoms with Crippen LogP contribution < -0.4 is 10.6 Å². The number of nitrogens with two attached hydrogens (primary N) is 1. The van der Waals surface area contributed by atoms with Crippen molar-refractivity contribution in [2.75, 3.05) is 11.9 Å². The van der Waals surface area contributed by atoms with E-state index in [-0.39, 0.29) is 0 Å². The Morgan fingerprint density at radius 1 is 1.25 bits per heavy atom. The van der Waals surface area contributed by atoms with E-state index in [1.165, 1.54) is 5.56 Å². The maximum atomic E-state index is 6.01. The molecule has 2 aromatic rings. The van der Waals surface area contributed by atoms with E-state index in [4.69, 9.17) is 29.6 Å². The summed E-state index contributed by atoms with van der Waals surface area (Å²) >= 11 is 11.0. The van der Waals surface area contributed by atoms with Gasteiger partial charge in [0.25, 0.3) is 0 Å². The molecule has 0 saturated heterocycles. The molecule has 0 spiro atoms. The second kappa shape index (κ2) is 6.25. The minimum atomic E-state index is 0.437. The van der Waals surface area contributed by atoms with E-state index in [2.05, 4.69) is 24.1 Å². The monoisotopic (exact) mass is 304 g/mol. The first-order valence-electron chi connectivity index (χ1n) is 6.33. The third-order valence-electron chi connectivity index (χ3n) is 3.22. The predicted octanol–water partition coefficient (Wildman–Crippen LogP) is 3.92. The number of nitrogens with zero attached hydrogens (tertiary/aromatic N) is 1. The molecule has 0 amide bonds. The van der Waals surface area contributed by atoms with Gasteiger partial charge in [0.15, 0.2) is 0 Å². The minimum Gasteiger partial charge on any atom is -0.389 e. The molecule has 0 heterocycles. The normalized spacial score (nSPS) is 10.3. The Labute approximate surface area is 130 Å². The molecule has 0 aliphatic rings. The number of benzene rings is 2. The molecule has 0 saturated carbocycles. The zero-order valence-corrected chi connectivity index (χ0v) is 13.1. The van der Waals surface area contributed by atoms with Gasteiger partial charge in [-0.15, -0.1) is 0 Å². The Morgan fingerprint density at radius 2 is 2.00 bits per heavy atom. The van der Waals surface area contributed by atoms with Crippen molar-refractivity contribution in [3.05, 3.63) is 64.2 Å². The fourth-order valence-corrected chi connectivity index (χ4v) is 2.60. The van der Waals surface area contributed by atoms with Crippen molar-refractivity contribution in [1.29, 1.82) is 0 Å². The summed E-state index contributed by atoms with van der Waals surface area (Å²) in [5, 5.41) is 0.760. The van der Waals surface area contributed by atoms with Gasteiger partial charge < -0.3 is 10.6 Å². The second-order valence-electron chi connectivity index (χ2n) is 4.85. The van der Waals surface area contributed by atoms with Crippen LogP contribution in [0.4, 0.5) is 5.69 Å². The van der Waals surface area contributed by atoms with Crippen LogP contribution in [0.3, 0.4) is 0 Å². The quantitative estimate of drug-likeness (QED) is 0.868. The lowest BCUT2D eigenvalue weighted by Crippen LogP contribution is -2.17. The molecule has 4 heteroatoms. The maximum absolute atomic E-state index is 6.01. The lowest BCUT2D eigenvalue weighted by atomic mass is 10.1. The fourth-order valence-electron chi connectivity index (χ4n) is 2.16. The summed E-state index contributed by atoms with van der Waals surface area (Å²) in [6.07, 6.45) is 0. The van der Waals surface area contributed by atoms with Gasteiger partial charge in [-0.2, -0.15) is 0 Å². The van der Waals surface area contributed by atoms with E-state index in [0.717, 1.165) is 28.4 Å². The summed E-state index contributed by atoms with van der Waals surface area (Å²) in [6.45, 7) is 2.82. The van der Waals surface area contributed by atoms with Crippen LogP contribution >= 0.6 is 23.8 Å². The minimum absolute atomic E-state index is 0.437. The summed E-state index contributed by atoms with van der Waals surface area (Å²) < 4.78 is 0. The van der Waals surface area contributed by atoms with E-state index in [9.17, 15) is 0 Å². The van der Waals surface area contributed by atoms with Crippen LogP contribution in [0.2, 0.25) is 5.02 Å². The maximum Gasteiger partial charge on any atom is 0.104 e. The highest BCUT2D eigenvalue weighted by Crippen LogP contribution is 2.21. The van der Waals surface area contributed by atoms with Crippen LogP contribution in [0.1, 0.15) is 16.7 Å². The number of aryl methyl sites for hydroxylation is 1. The summed E-state index contributed by atoms with van der Waals surface area (Å²) in [5.41, 5.74) is 10.0. The highest BCUT2D eigenvalue weighted by Gasteiger charge is 2.06. The summed E-state index contributed by atoms with van der Waals surface area (Å²) in [7, 11) is 2.05. The first kappa shape index (κ1) is 14.8. The Balaban J connectivity index is 2.19. The Kier molecular flexibility index (Phi) is 4.63. The summed E-state index contributed by atoms with van der Waals surface area (Å²) in [6, 6.07) is 14.0. The van der Waals surface area contributed by atoms with Gasteiger partial charge in [0.05, 0.1) is 0 Å². The predicted molar refractivity (Wildman–Crippen MR) is 90.6 cm³/mol. The molecule has 0 aliphatic heterocycles. The van der Waals surface area contributed by atoms with Gasteiger partial charge in [-0.25, -0.2) is 0 Å². The highest BCUT2D eigenvalue weighted by atomic mass is 35.5. The average molecular weight is 305 g/mol. The van der Waals surface area contributed by atoms with Gasteiger partial charge in [0.1, 0.15) is 4.99 Å². The molecular weight excluding hydrogens is 288 g/mol. The van der Waals surface area contributed by atoms with Crippen molar-refractivity contribution in [3.63, 3.8) is 0 Å². The third-order valence-corrected chi connectivity index (χ3v) is 3.68. The molecule has 2 aromatic carbocycles. The molecule has 2 N–H and O–H groups in total. The number of thiocarbonyl (C=S) groups is 1. The second-order valence-corrected chi connectivity index (χ2v) is 5.73.